The van der Waals surface area contributed by atoms with Crippen LogP contribution in [0.2, 0.25) is 0 Å². The Balaban J connectivity index is 1.13. The Kier molecular flexibility index (Phi) is 6.25. The molecular formula is C46H31NS. The molecule has 48 heavy (non-hydrogen) atoms. The van der Waals surface area contributed by atoms with E-state index in [4.69, 9.17) is 0 Å². The highest BCUT2D eigenvalue weighted by Gasteiger charge is 2.22. The first-order valence-electron chi connectivity index (χ1n) is 16.7. The first-order chi connectivity index (χ1) is 23.8. The summed E-state index contributed by atoms with van der Waals surface area (Å²) in [6.45, 7) is 0. The highest BCUT2D eigenvalue weighted by atomic mass is 32.1. The Morgan fingerprint density at radius 2 is 1.04 bits per heavy atom. The standard InChI is InChI=1S/C46H31NS/c1-3-11-38-30(8-1)10-7-14-39(38)32-20-22-35(23-21-32)47(37-25-27-43-42-13-5-6-15-44(42)48-45(43)29-37)36-24-26-41-34(28-36)19-18-33-17-16-31-9-2-4-12-40(31)46(33)41/h1-17,20-29H,18-19H2. The minimum atomic E-state index is 1.04. The highest BCUT2D eigenvalue weighted by Crippen LogP contribution is 2.45. The molecule has 0 saturated heterocycles. The molecular weight excluding hydrogens is 599 g/mol. The molecule has 1 heterocycles. The van der Waals surface area contributed by atoms with E-state index in [9.17, 15) is 0 Å². The average molecular weight is 630 g/mol. The zero-order valence-electron chi connectivity index (χ0n) is 26.4. The van der Waals surface area contributed by atoms with Gasteiger partial charge >= 0.3 is 0 Å². The van der Waals surface area contributed by atoms with Gasteiger partial charge in [-0.3, -0.25) is 0 Å². The lowest BCUT2D eigenvalue weighted by atomic mass is 9.82. The van der Waals surface area contributed by atoms with Crippen molar-refractivity contribution in [2.75, 3.05) is 4.90 Å². The summed E-state index contributed by atoms with van der Waals surface area (Å²) in [5.41, 5.74) is 11.6. The summed E-state index contributed by atoms with van der Waals surface area (Å²) >= 11 is 1.87. The Labute approximate surface area is 284 Å². The lowest BCUT2D eigenvalue weighted by Crippen LogP contribution is -2.12. The fourth-order valence-corrected chi connectivity index (χ4v) is 8.99. The van der Waals surface area contributed by atoms with Gasteiger partial charge in [-0.25, -0.2) is 0 Å². The maximum absolute atomic E-state index is 2.44. The van der Waals surface area contributed by atoms with Gasteiger partial charge in [-0.05, 0) is 110 Å². The average Bonchev–Trinajstić information content (AvgIpc) is 3.53. The lowest BCUT2D eigenvalue weighted by molar-refractivity contribution is 0.944. The van der Waals surface area contributed by atoms with Gasteiger partial charge in [-0.2, -0.15) is 0 Å². The second-order valence-electron chi connectivity index (χ2n) is 12.8. The van der Waals surface area contributed by atoms with Gasteiger partial charge in [0.2, 0.25) is 0 Å². The Morgan fingerprint density at radius 1 is 0.396 bits per heavy atom. The molecule has 0 spiro atoms. The molecule has 0 radical (unpaired) electrons. The van der Waals surface area contributed by atoms with Crippen LogP contribution in [0.1, 0.15) is 11.1 Å². The Hall–Kier alpha value is -5.70. The van der Waals surface area contributed by atoms with E-state index in [2.05, 4.69) is 169 Å². The maximum Gasteiger partial charge on any atom is 0.0476 e. The van der Waals surface area contributed by atoms with Crippen LogP contribution in [-0.2, 0) is 12.8 Å². The van der Waals surface area contributed by atoms with E-state index in [1.807, 2.05) is 11.3 Å². The monoisotopic (exact) mass is 629 g/mol. The summed E-state index contributed by atoms with van der Waals surface area (Å²) < 4.78 is 2.64. The molecule has 1 aliphatic rings. The summed E-state index contributed by atoms with van der Waals surface area (Å²) in [5.74, 6) is 0. The van der Waals surface area contributed by atoms with Gasteiger partial charge in [0.15, 0.2) is 0 Å². The lowest BCUT2D eigenvalue weighted by Gasteiger charge is -2.28. The molecule has 0 aliphatic heterocycles. The topological polar surface area (TPSA) is 3.24 Å². The highest BCUT2D eigenvalue weighted by molar-refractivity contribution is 7.25. The van der Waals surface area contributed by atoms with Crippen LogP contribution in [0.5, 0.6) is 0 Å². The summed E-state index contributed by atoms with van der Waals surface area (Å²) in [4.78, 5) is 2.44. The van der Waals surface area contributed by atoms with Crippen LogP contribution in [0, 0.1) is 0 Å². The largest absolute Gasteiger partial charge is 0.310 e. The van der Waals surface area contributed by atoms with Gasteiger partial charge in [0.05, 0.1) is 0 Å². The molecule has 8 aromatic carbocycles. The molecule has 0 unspecified atom stereocenters. The van der Waals surface area contributed by atoms with Gasteiger partial charge < -0.3 is 4.90 Å². The molecule has 0 bridgehead atoms. The number of nitrogens with zero attached hydrogens (tertiary/aromatic N) is 1. The van der Waals surface area contributed by atoms with Crippen LogP contribution in [0.3, 0.4) is 0 Å². The third kappa shape index (κ3) is 4.37. The molecule has 1 nitrogen and oxygen atoms in total. The van der Waals surface area contributed by atoms with E-state index in [0.717, 1.165) is 18.5 Å². The molecule has 1 aromatic heterocycles. The van der Waals surface area contributed by atoms with E-state index >= 15 is 0 Å². The predicted molar refractivity (Wildman–Crippen MR) is 207 cm³/mol. The van der Waals surface area contributed by atoms with E-state index < -0.39 is 0 Å². The fraction of sp³-hybridized carbons (Fsp3) is 0.0435. The van der Waals surface area contributed by atoms with Crippen molar-refractivity contribution in [1.29, 1.82) is 0 Å². The third-order valence-corrected chi connectivity index (χ3v) is 11.3. The number of hydrogen-bond donors (Lipinski definition) is 0. The summed E-state index contributed by atoms with van der Waals surface area (Å²) in [6.07, 6.45) is 2.10. The van der Waals surface area contributed by atoms with Crippen LogP contribution >= 0.6 is 11.3 Å². The number of thiophene rings is 1. The zero-order valence-corrected chi connectivity index (χ0v) is 27.2. The fourth-order valence-electron chi connectivity index (χ4n) is 7.85. The normalized spacial score (nSPS) is 12.4. The van der Waals surface area contributed by atoms with E-state index in [1.165, 1.54) is 86.5 Å². The van der Waals surface area contributed by atoms with Crippen molar-refractivity contribution < 1.29 is 0 Å². The molecule has 226 valence electrons. The predicted octanol–water partition coefficient (Wildman–Crippen LogP) is 13.3. The molecule has 10 rings (SSSR count). The number of rotatable bonds is 4. The van der Waals surface area contributed by atoms with Gasteiger partial charge in [0.1, 0.15) is 0 Å². The van der Waals surface area contributed by atoms with Crippen molar-refractivity contribution >= 4 is 70.1 Å². The molecule has 0 N–H and O–H groups in total. The summed E-state index contributed by atoms with van der Waals surface area (Å²) in [6, 6.07) is 60.6. The molecule has 2 heteroatoms. The summed E-state index contributed by atoms with van der Waals surface area (Å²) in [5, 5.41) is 7.84. The quantitative estimate of drug-likeness (QED) is 0.187. The van der Waals surface area contributed by atoms with Gasteiger partial charge in [-0.15, -0.1) is 11.3 Å². The smallest absolute Gasteiger partial charge is 0.0476 e. The Morgan fingerprint density at radius 3 is 1.92 bits per heavy atom. The molecule has 0 amide bonds. The number of benzene rings is 8. The van der Waals surface area contributed by atoms with E-state index in [0.29, 0.717) is 0 Å². The third-order valence-electron chi connectivity index (χ3n) is 10.1. The van der Waals surface area contributed by atoms with Crippen LogP contribution in [0.4, 0.5) is 17.1 Å². The second kappa shape index (κ2) is 10.9. The number of anilines is 3. The minimum Gasteiger partial charge on any atom is -0.310 e. The van der Waals surface area contributed by atoms with Crippen molar-refractivity contribution in [2.45, 2.75) is 12.8 Å². The van der Waals surface area contributed by atoms with Gasteiger partial charge in [0, 0.05) is 37.2 Å². The Bertz CT molecular complexity index is 2670. The molecule has 0 fully saturated rings. The molecule has 0 atom stereocenters. The number of fused-ring (bicyclic) bond motifs is 9. The summed E-state index contributed by atoms with van der Waals surface area (Å²) in [7, 11) is 0. The molecule has 1 aliphatic carbocycles. The second-order valence-corrected chi connectivity index (χ2v) is 13.9. The number of hydrogen-bond acceptors (Lipinski definition) is 2. The van der Waals surface area contributed by atoms with Crippen LogP contribution in [0.15, 0.2) is 164 Å². The van der Waals surface area contributed by atoms with Gasteiger partial charge in [-0.1, -0.05) is 121 Å². The first kappa shape index (κ1) is 27.4. The van der Waals surface area contributed by atoms with Gasteiger partial charge in [0.25, 0.3) is 0 Å². The first-order valence-corrected chi connectivity index (χ1v) is 17.5. The van der Waals surface area contributed by atoms with Crippen molar-refractivity contribution in [1.82, 2.24) is 0 Å². The van der Waals surface area contributed by atoms with E-state index in [1.54, 1.807) is 0 Å². The SMILES string of the molecule is c1ccc2c(-c3ccc(N(c4ccc5c(c4)CCc4ccc6ccccc6c4-5)c4ccc5c(c4)sc4ccccc45)cc3)cccc2c1. The molecule has 0 saturated carbocycles. The van der Waals surface area contributed by atoms with Crippen LogP contribution in [0.25, 0.3) is 64.0 Å². The number of aryl methyl sites for hydroxylation is 2. The van der Waals surface area contributed by atoms with E-state index in [-0.39, 0.29) is 0 Å². The van der Waals surface area contributed by atoms with Crippen molar-refractivity contribution in [3.05, 3.63) is 175 Å². The molecule has 9 aromatic rings. The zero-order chi connectivity index (χ0) is 31.6. The minimum absolute atomic E-state index is 1.04. The van der Waals surface area contributed by atoms with Crippen LogP contribution in [-0.4, -0.2) is 0 Å². The maximum atomic E-state index is 2.44. The van der Waals surface area contributed by atoms with Crippen molar-refractivity contribution in [3.63, 3.8) is 0 Å². The van der Waals surface area contributed by atoms with Crippen molar-refractivity contribution in [3.8, 4) is 22.3 Å². The van der Waals surface area contributed by atoms with Crippen LogP contribution < -0.4 is 4.90 Å². The van der Waals surface area contributed by atoms with Crippen molar-refractivity contribution in [2.24, 2.45) is 0 Å².